The first-order valence-corrected chi connectivity index (χ1v) is 9.05. The molecule has 1 aliphatic rings. The van der Waals surface area contributed by atoms with Crippen molar-refractivity contribution < 1.29 is 13.7 Å². The molecule has 5 rings (SSSR count). The van der Waals surface area contributed by atoms with Gasteiger partial charge in [0.25, 0.3) is 5.91 Å². The third kappa shape index (κ3) is 2.65. The number of carbonyl (C=O) groups is 1. The Morgan fingerprint density at radius 3 is 2.75 bits per heavy atom. The van der Waals surface area contributed by atoms with Gasteiger partial charge in [-0.3, -0.25) is 9.20 Å². The lowest BCUT2D eigenvalue weighted by Crippen LogP contribution is -2.31. The first-order valence-electron chi connectivity index (χ1n) is 9.05. The molecule has 1 fully saturated rings. The SMILES string of the molecule is O=C(c1nc2ccccn2c1F)N1CCCC1c1nc(-c2ccccc2)no1. The summed E-state index contributed by atoms with van der Waals surface area (Å²) in [5.41, 5.74) is 1.03. The third-order valence-corrected chi connectivity index (χ3v) is 4.95. The molecule has 0 spiro atoms. The van der Waals surface area contributed by atoms with Gasteiger partial charge in [-0.1, -0.05) is 41.6 Å². The van der Waals surface area contributed by atoms with Crippen molar-refractivity contribution in [2.75, 3.05) is 6.54 Å². The molecule has 8 heteroatoms. The van der Waals surface area contributed by atoms with Crippen molar-refractivity contribution in [3.63, 3.8) is 0 Å². The lowest BCUT2D eigenvalue weighted by molar-refractivity contribution is 0.0699. The summed E-state index contributed by atoms with van der Waals surface area (Å²) in [6, 6.07) is 14.2. The molecule has 0 N–H and O–H groups in total. The number of rotatable bonds is 3. The van der Waals surface area contributed by atoms with E-state index in [1.165, 1.54) is 4.40 Å². The molecule has 3 aromatic heterocycles. The van der Waals surface area contributed by atoms with Gasteiger partial charge >= 0.3 is 0 Å². The number of benzene rings is 1. The fraction of sp³-hybridized carbons (Fsp3) is 0.200. The van der Waals surface area contributed by atoms with Crippen LogP contribution in [0.25, 0.3) is 17.0 Å². The van der Waals surface area contributed by atoms with Gasteiger partial charge in [0, 0.05) is 18.3 Å². The van der Waals surface area contributed by atoms with Crippen LogP contribution in [0.4, 0.5) is 4.39 Å². The maximum Gasteiger partial charge on any atom is 0.277 e. The topological polar surface area (TPSA) is 76.5 Å². The molecule has 1 aliphatic heterocycles. The number of pyridine rings is 1. The summed E-state index contributed by atoms with van der Waals surface area (Å²) >= 11 is 0. The number of fused-ring (bicyclic) bond motifs is 1. The second-order valence-electron chi connectivity index (χ2n) is 6.66. The van der Waals surface area contributed by atoms with E-state index >= 15 is 0 Å². The maximum absolute atomic E-state index is 14.7. The fourth-order valence-corrected chi connectivity index (χ4v) is 3.58. The minimum Gasteiger partial charge on any atom is -0.337 e. The van der Waals surface area contributed by atoms with Gasteiger partial charge in [0.2, 0.25) is 17.7 Å². The molecule has 28 heavy (non-hydrogen) atoms. The number of amides is 1. The molecule has 0 saturated carbocycles. The monoisotopic (exact) mass is 377 g/mol. The third-order valence-electron chi connectivity index (χ3n) is 4.95. The maximum atomic E-state index is 14.7. The highest BCUT2D eigenvalue weighted by atomic mass is 19.1. The summed E-state index contributed by atoms with van der Waals surface area (Å²) < 4.78 is 21.4. The van der Waals surface area contributed by atoms with Crippen LogP contribution >= 0.6 is 0 Å². The van der Waals surface area contributed by atoms with Crippen molar-refractivity contribution in [2.45, 2.75) is 18.9 Å². The Balaban J connectivity index is 1.46. The Labute approximate surface area is 159 Å². The Morgan fingerprint density at radius 2 is 1.93 bits per heavy atom. The van der Waals surface area contributed by atoms with E-state index in [0.29, 0.717) is 30.3 Å². The lowest BCUT2D eigenvalue weighted by atomic mass is 10.2. The van der Waals surface area contributed by atoms with Gasteiger partial charge in [0.1, 0.15) is 11.7 Å². The zero-order chi connectivity index (χ0) is 19.1. The van der Waals surface area contributed by atoms with Crippen LogP contribution in [-0.4, -0.2) is 36.9 Å². The zero-order valence-electron chi connectivity index (χ0n) is 14.8. The van der Waals surface area contributed by atoms with Gasteiger partial charge in [-0.05, 0) is 25.0 Å². The van der Waals surface area contributed by atoms with Crippen LogP contribution in [-0.2, 0) is 0 Å². The second kappa shape index (κ2) is 6.56. The quantitative estimate of drug-likeness (QED) is 0.546. The van der Waals surface area contributed by atoms with Gasteiger partial charge in [-0.2, -0.15) is 9.37 Å². The predicted octanol–water partition coefficient (Wildman–Crippen LogP) is 3.50. The van der Waals surface area contributed by atoms with E-state index in [2.05, 4.69) is 15.1 Å². The number of imidazole rings is 1. The molecular weight excluding hydrogens is 361 g/mol. The average Bonchev–Trinajstić information content (AvgIpc) is 3.47. The summed E-state index contributed by atoms with van der Waals surface area (Å²) in [5.74, 6) is -0.312. The van der Waals surface area contributed by atoms with Gasteiger partial charge in [-0.25, -0.2) is 4.98 Å². The minimum atomic E-state index is -0.665. The first kappa shape index (κ1) is 16.6. The van der Waals surface area contributed by atoms with E-state index in [4.69, 9.17) is 4.52 Å². The molecule has 1 aromatic carbocycles. The van der Waals surface area contributed by atoms with Crippen LogP contribution in [0.1, 0.15) is 35.3 Å². The van der Waals surface area contributed by atoms with Crippen molar-refractivity contribution in [2.24, 2.45) is 0 Å². The Morgan fingerprint density at radius 1 is 1.11 bits per heavy atom. The molecule has 7 nitrogen and oxygen atoms in total. The summed E-state index contributed by atoms with van der Waals surface area (Å²) in [6.07, 6.45) is 2.99. The van der Waals surface area contributed by atoms with E-state index in [1.807, 2.05) is 30.3 Å². The molecule has 4 heterocycles. The van der Waals surface area contributed by atoms with E-state index in [-0.39, 0.29) is 11.7 Å². The highest BCUT2D eigenvalue weighted by Crippen LogP contribution is 2.33. The number of nitrogens with zero attached hydrogens (tertiary/aromatic N) is 5. The van der Waals surface area contributed by atoms with Gasteiger partial charge < -0.3 is 9.42 Å². The van der Waals surface area contributed by atoms with Gasteiger partial charge in [-0.15, -0.1) is 0 Å². The number of likely N-dealkylation sites (tertiary alicyclic amines) is 1. The molecule has 1 unspecified atom stereocenters. The van der Waals surface area contributed by atoms with Gasteiger partial charge in [0.15, 0.2) is 5.69 Å². The lowest BCUT2D eigenvalue weighted by Gasteiger charge is -2.20. The first-order chi connectivity index (χ1) is 13.7. The number of hydrogen-bond donors (Lipinski definition) is 0. The van der Waals surface area contributed by atoms with Crippen molar-refractivity contribution >= 4 is 11.6 Å². The molecule has 0 radical (unpaired) electrons. The summed E-state index contributed by atoms with van der Waals surface area (Å²) in [6.45, 7) is 0.486. The van der Waals surface area contributed by atoms with Crippen LogP contribution in [0.3, 0.4) is 0 Å². The number of halogens is 1. The van der Waals surface area contributed by atoms with E-state index < -0.39 is 11.9 Å². The summed E-state index contributed by atoms with van der Waals surface area (Å²) in [5, 5.41) is 4.03. The van der Waals surface area contributed by atoms with Crippen LogP contribution in [0.5, 0.6) is 0 Å². The molecule has 140 valence electrons. The largest absolute Gasteiger partial charge is 0.337 e. The number of carbonyl (C=O) groups excluding carboxylic acids is 1. The van der Waals surface area contributed by atoms with Crippen molar-refractivity contribution in [1.29, 1.82) is 0 Å². The van der Waals surface area contributed by atoms with Crippen molar-refractivity contribution in [3.8, 4) is 11.4 Å². The molecule has 4 aromatic rings. The molecule has 1 atom stereocenters. The van der Waals surface area contributed by atoms with Crippen molar-refractivity contribution in [3.05, 3.63) is 72.3 Å². The molecule has 0 bridgehead atoms. The summed E-state index contributed by atoms with van der Waals surface area (Å²) in [4.78, 5) is 23.2. The Hall–Kier alpha value is -3.55. The second-order valence-corrected chi connectivity index (χ2v) is 6.66. The molecule has 1 saturated heterocycles. The highest BCUT2D eigenvalue weighted by molar-refractivity contribution is 5.93. The van der Waals surface area contributed by atoms with E-state index in [9.17, 15) is 9.18 Å². The van der Waals surface area contributed by atoms with Crippen LogP contribution in [0, 0.1) is 5.95 Å². The van der Waals surface area contributed by atoms with Gasteiger partial charge in [0.05, 0.1) is 0 Å². The molecule has 0 aliphatic carbocycles. The molecule has 1 amide bonds. The predicted molar refractivity (Wildman–Crippen MR) is 97.9 cm³/mol. The van der Waals surface area contributed by atoms with Crippen LogP contribution < -0.4 is 0 Å². The van der Waals surface area contributed by atoms with Crippen molar-refractivity contribution in [1.82, 2.24) is 24.4 Å². The average molecular weight is 377 g/mol. The van der Waals surface area contributed by atoms with E-state index in [0.717, 1.165) is 12.0 Å². The smallest absolute Gasteiger partial charge is 0.277 e. The fourth-order valence-electron chi connectivity index (χ4n) is 3.58. The zero-order valence-corrected chi connectivity index (χ0v) is 14.8. The summed E-state index contributed by atoms with van der Waals surface area (Å²) in [7, 11) is 0. The highest BCUT2D eigenvalue weighted by Gasteiger charge is 2.37. The van der Waals surface area contributed by atoms with Crippen LogP contribution in [0.2, 0.25) is 0 Å². The number of hydrogen-bond acceptors (Lipinski definition) is 5. The normalized spacial score (nSPS) is 16.8. The Kier molecular flexibility index (Phi) is 3.89. The number of aromatic nitrogens is 4. The van der Waals surface area contributed by atoms with Crippen LogP contribution in [0.15, 0.2) is 59.3 Å². The molecular formula is C20H16FN5O2. The van der Waals surface area contributed by atoms with E-state index in [1.54, 1.807) is 29.3 Å². The Bertz CT molecular complexity index is 1150. The minimum absolute atomic E-state index is 0.194. The standard InChI is InChI=1S/C20H16FN5O2/c21-17-16(22-15-10-4-5-11-26(15)17)20(27)25-12-6-9-14(25)19-23-18(24-28-19)13-7-2-1-3-8-13/h1-5,7-8,10-11,14H,6,9,12H2.